The summed E-state index contributed by atoms with van der Waals surface area (Å²) in [4.78, 5) is 34.1. The van der Waals surface area contributed by atoms with E-state index in [-0.39, 0.29) is 18.6 Å². The Kier molecular flexibility index (Phi) is 3.12. The van der Waals surface area contributed by atoms with E-state index < -0.39 is 23.3 Å². The first-order valence-corrected chi connectivity index (χ1v) is 4.63. The Hall–Kier alpha value is -1.39. The highest BCUT2D eigenvalue weighted by molar-refractivity contribution is 6.04. The van der Waals surface area contributed by atoms with E-state index in [1.807, 2.05) is 0 Å². The average molecular weight is 214 g/mol. The standard InChI is InChI=1S/C10H14O5/c1-10(9(13)15-3)4-6(7(11)5-10)8(12)14-2/h6H,4-5H2,1-3H3. The molecule has 0 aromatic heterocycles. The maximum Gasteiger partial charge on any atom is 0.316 e. The van der Waals surface area contributed by atoms with Gasteiger partial charge in [0.05, 0.1) is 19.6 Å². The third kappa shape index (κ3) is 2.00. The molecule has 84 valence electrons. The van der Waals surface area contributed by atoms with E-state index in [4.69, 9.17) is 0 Å². The van der Waals surface area contributed by atoms with Gasteiger partial charge in [-0.15, -0.1) is 0 Å². The fourth-order valence-electron chi connectivity index (χ4n) is 1.90. The van der Waals surface area contributed by atoms with Gasteiger partial charge >= 0.3 is 11.9 Å². The number of carbonyl (C=O) groups excluding carboxylic acids is 3. The third-order valence-electron chi connectivity index (χ3n) is 2.77. The van der Waals surface area contributed by atoms with Gasteiger partial charge in [-0.1, -0.05) is 0 Å². The van der Waals surface area contributed by atoms with Crippen molar-refractivity contribution in [3.05, 3.63) is 0 Å². The van der Waals surface area contributed by atoms with Crippen LogP contribution < -0.4 is 0 Å². The fourth-order valence-corrected chi connectivity index (χ4v) is 1.90. The second-order valence-electron chi connectivity index (χ2n) is 3.98. The zero-order valence-corrected chi connectivity index (χ0v) is 9.03. The van der Waals surface area contributed by atoms with Crippen molar-refractivity contribution in [3.8, 4) is 0 Å². The van der Waals surface area contributed by atoms with E-state index in [0.717, 1.165) is 0 Å². The normalized spacial score (nSPS) is 30.1. The molecule has 0 aliphatic heterocycles. The van der Waals surface area contributed by atoms with Gasteiger partial charge in [-0.3, -0.25) is 14.4 Å². The second-order valence-corrected chi connectivity index (χ2v) is 3.98. The summed E-state index contributed by atoms with van der Waals surface area (Å²) in [6, 6.07) is 0. The van der Waals surface area contributed by atoms with Crippen molar-refractivity contribution < 1.29 is 23.9 Å². The van der Waals surface area contributed by atoms with Crippen molar-refractivity contribution in [2.75, 3.05) is 14.2 Å². The lowest BCUT2D eigenvalue weighted by Crippen LogP contribution is -2.27. The molecule has 2 unspecified atom stereocenters. The minimum absolute atomic E-state index is 0.0411. The molecule has 5 heteroatoms. The Bertz CT molecular complexity index is 309. The van der Waals surface area contributed by atoms with E-state index >= 15 is 0 Å². The summed E-state index contributed by atoms with van der Waals surface area (Å²) in [7, 11) is 2.49. The zero-order valence-electron chi connectivity index (χ0n) is 9.03. The number of Topliss-reactive ketones (excluding diaryl/α,β-unsaturated/α-hetero) is 1. The molecule has 15 heavy (non-hydrogen) atoms. The molecule has 0 spiro atoms. The first-order valence-electron chi connectivity index (χ1n) is 4.63. The Balaban J connectivity index is 2.83. The number of ketones is 1. The quantitative estimate of drug-likeness (QED) is 0.489. The second kappa shape index (κ2) is 4.00. The Labute approximate surface area is 87.7 Å². The summed E-state index contributed by atoms with van der Waals surface area (Å²) in [6.07, 6.45) is 0.213. The Morgan fingerprint density at radius 1 is 1.33 bits per heavy atom. The summed E-state index contributed by atoms with van der Waals surface area (Å²) in [5.41, 5.74) is -0.884. The lowest BCUT2D eigenvalue weighted by atomic mass is 9.88. The molecule has 0 bridgehead atoms. The average Bonchev–Trinajstić information content (AvgIpc) is 2.53. The number of hydrogen-bond acceptors (Lipinski definition) is 5. The van der Waals surface area contributed by atoms with Crippen molar-refractivity contribution in [3.63, 3.8) is 0 Å². The Morgan fingerprint density at radius 3 is 2.40 bits per heavy atom. The highest BCUT2D eigenvalue weighted by atomic mass is 16.5. The van der Waals surface area contributed by atoms with Crippen LogP contribution in [-0.4, -0.2) is 31.9 Å². The monoisotopic (exact) mass is 214 g/mol. The molecule has 0 amide bonds. The number of esters is 2. The van der Waals surface area contributed by atoms with E-state index in [2.05, 4.69) is 9.47 Å². The van der Waals surface area contributed by atoms with E-state index in [1.54, 1.807) is 6.92 Å². The van der Waals surface area contributed by atoms with E-state index in [0.29, 0.717) is 0 Å². The summed E-state index contributed by atoms with van der Waals surface area (Å²) in [6.45, 7) is 1.62. The maximum absolute atomic E-state index is 11.5. The van der Waals surface area contributed by atoms with Crippen LogP contribution in [0.15, 0.2) is 0 Å². The number of ether oxygens (including phenoxy) is 2. The van der Waals surface area contributed by atoms with Crippen molar-refractivity contribution in [2.24, 2.45) is 11.3 Å². The summed E-state index contributed by atoms with van der Waals surface area (Å²) in [5.74, 6) is -2.11. The largest absolute Gasteiger partial charge is 0.469 e. The van der Waals surface area contributed by atoms with Gasteiger partial charge in [0.1, 0.15) is 11.7 Å². The predicted octanol–water partition coefficient (Wildman–Crippen LogP) is 0.318. The molecule has 1 saturated carbocycles. The minimum atomic E-state index is -0.884. The van der Waals surface area contributed by atoms with Gasteiger partial charge in [0, 0.05) is 6.42 Å². The third-order valence-corrected chi connectivity index (χ3v) is 2.77. The smallest absolute Gasteiger partial charge is 0.316 e. The minimum Gasteiger partial charge on any atom is -0.469 e. The molecule has 1 rings (SSSR count). The van der Waals surface area contributed by atoms with E-state index in [1.165, 1.54) is 14.2 Å². The summed E-state index contributed by atoms with van der Waals surface area (Å²) in [5, 5.41) is 0. The van der Waals surface area contributed by atoms with E-state index in [9.17, 15) is 14.4 Å². The van der Waals surface area contributed by atoms with Crippen LogP contribution in [0, 0.1) is 11.3 Å². The molecule has 0 saturated heterocycles. The van der Waals surface area contributed by atoms with Gasteiger partial charge in [0.15, 0.2) is 0 Å². The van der Waals surface area contributed by atoms with Crippen molar-refractivity contribution in [1.82, 2.24) is 0 Å². The van der Waals surface area contributed by atoms with Crippen LogP contribution in [-0.2, 0) is 23.9 Å². The van der Waals surface area contributed by atoms with Crippen LogP contribution in [0.1, 0.15) is 19.8 Å². The molecular weight excluding hydrogens is 200 g/mol. The molecule has 0 radical (unpaired) electrons. The molecule has 1 aliphatic rings. The molecule has 0 N–H and O–H groups in total. The van der Waals surface area contributed by atoms with Gasteiger partial charge in [-0.2, -0.15) is 0 Å². The predicted molar refractivity (Wildman–Crippen MR) is 49.9 cm³/mol. The van der Waals surface area contributed by atoms with Gasteiger partial charge < -0.3 is 9.47 Å². The molecule has 2 atom stereocenters. The number of hydrogen-bond donors (Lipinski definition) is 0. The highest BCUT2D eigenvalue weighted by Crippen LogP contribution is 2.40. The molecule has 0 heterocycles. The van der Waals surface area contributed by atoms with Crippen LogP contribution in [0.2, 0.25) is 0 Å². The van der Waals surface area contributed by atoms with Crippen LogP contribution in [0.25, 0.3) is 0 Å². The van der Waals surface area contributed by atoms with Crippen LogP contribution in [0.5, 0.6) is 0 Å². The topological polar surface area (TPSA) is 69.7 Å². The SMILES string of the molecule is COC(=O)C1CC(C)(C(=O)OC)CC1=O. The summed E-state index contributed by atoms with van der Waals surface area (Å²) < 4.78 is 9.10. The van der Waals surface area contributed by atoms with Gasteiger partial charge in [0.2, 0.25) is 0 Å². The zero-order chi connectivity index (χ0) is 11.6. The molecule has 1 fully saturated rings. The Morgan fingerprint density at radius 2 is 1.93 bits per heavy atom. The van der Waals surface area contributed by atoms with Crippen molar-refractivity contribution in [1.29, 1.82) is 0 Å². The van der Waals surface area contributed by atoms with Crippen molar-refractivity contribution in [2.45, 2.75) is 19.8 Å². The highest BCUT2D eigenvalue weighted by Gasteiger charge is 2.50. The number of rotatable bonds is 2. The van der Waals surface area contributed by atoms with Crippen molar-refractivity contribution >= 4 is 17.7 Å². The number of carbonyl (C=O) groups is 3. The first kappa shape index (κ1) is 11.7. The fraction of sp³-hybridized carbons (Fsp3) is 0.700. The van der Waals surface area contributed by atoms with Gasteiger partial charge in [-0.25, -0.2) is 0 Å². The lowest BCUT2D eigenvalue weighted by molar-refractivity contribution is -0.152. The first-order chi connectivity index (χ1) is 6.94. The summed E-state index contributed by atoms with van der Waals surface area (Å²) >= 11 is 0. The van der Waals surface area contributed by atoms with Crippen LogP contribution in [0.3, 0.4) is 0 Å². The van der Waals surface area contributed by atoms with Gasteiger partial charge in [-0.05, 0) is 13.3 Å². The molecular formula is C10H14O5. The number of methoxy groups -OCH3 is 2. The molecule has 5 nitrogen and oxygen atoms in total. The van der Waals surface area contributed by atoms with Gasteiger partial charge in [0.25, 0.3) is 0 Å². The molecule has 1 aliphatic carbocycles. The lowest BCUT2D eigenvalue weighted by Gasteiger charge is -2.18. The maximum atomic E-state index is 11.5. The molecule has 0 aromatic rings. The van der Waals surface area contributed by atoms with Crippen LogP contribution in [0.4, 0.5) is 0 Å². The molecule has 0 aromatic carbocycles. The van der Waals surface area contributed by atoms with Crippen LogP contribution >= 0.6 is 0 Å².